The SMILES string of the molecule is CC1CCN(Cc2ccccn2)C(CO)CN1C. The highest BCUT2D eigenvalue weighted by Gasteiger charge is 2.26. The van der Waals surface area contributed by atoms with Gasteiger partial charge in [0.1, 0.15) is 0 Å². The molecule has 1 aromatic rings. The number of aliphatic hydroxyl groups excluding tert-OH is 1. The van der Waals surface area contributed by atoms with Gasteiger partial charge in [0.15, 0.2) is 0 Å². The van der Waals surface area contributed by atoms with Crippen LogP contribution in [-0.4, -0.2) is 58.7 Å². The molecule has 1 saturated heterocycles. The molecule has 0 bridgehead atoms. The summed E-state index contributed by atoms with van der Waals surface area (Å²) in [6.45, 7) is 5.23. The van der Waals surface area contributed by atoms with Crippen LogP contribution in [0.4, 0.5) is 0 Å². The predicted octanol–water partition coefficient (Wildman–Crippen LogP) is 0.968. The smallest absolute Gasteiger partial charge is 0.0599 e. The van der Waals surface area contributed by atoms with E-state index >= 15 is 0 Å². The molecule has 0 radical (unpaired) electrons. The van der Waals surface area contributed by atoms with Crippen LogP contribution in [0.15, 0.2) is 24.4 Å². The first-order chi connectivity index (χ1) is 8.70. The molecule has 100 valence electrons. The summed E-state index contributed by atoms with van der Waals surface area (Å²) >= 11 is 0. The van der Waals surface area contributed by atoms with Crippen LogP contribution in [0.5, 0.6) is 0 Å². The molecule has 2 rings (SSSR count). The molecule has 2 unspecified atom stereocenters. The van der Waals surface area contributed by atoms with Gasteiger partial charge >= 0.3 is 0 Å². The molecule has 18 heavy (non-hydrogen) atoms. The van der Waals surface area contributed by atoms with E-state index in [0.29, 0.717) is 6.04 Å². The fourth-order valence-electron chi connectivity index (χ4n) is 2.46. The molecule has 1 fully saturated rings. The number of rotatable bonds is 3. The third kappa shape index (κ3) is 3.28. The molecule has 0 spiro atoms. The summed E-state index contributed by atoms with van der Waals surface area (Å²) < 4.78 is 0. The first-order valence-corrected chi connectivity index (χ1v) is 6.65. The number of nitrogens with zero attached hydrogens (tertiary/aromatic N) is 3. The van der Waals surface area contributed by atoms with E-state index in [-0.39, 0.29) is 12.6 Å². The zero-order chi connectivity index (χ0) is 13.0. The Hall–Kier alpha value is -0.970. The summed E-state index contributed by atoms with van der Waals surface area (Å²) in [6, 6.07) is 6.79. The Kier molecular flexibility index (Phi) is 4.69. The molecule has 1 aliphatic rings. The van der Waals surface area contributed by atoms with Crippen molar-refractivity contribution >= 4 is 0 Å². The molecule has 4 heteroatoms. The molecule has 1 N–H and O–H groups in total. The van der Waals surface area contributed by atoms with E-state index in [2.05, 4.69) is 28.8 Å². The van der Waals surface area contributed by atoms with Crippen LogP contribution in [0.1, 0.15) is 19.0 Å². The maximum absolute atomic E-state index is 9.58. The summed E-state index contributed by atoms with van der Waals surface area (Å²) in [5.41, 5.74) is 1.08. The van der Waals surface area contributed by atoms with E-state index in [1.807, 2.05) is 24.4 Å². The normalized spacial score (nSPS) is 27.1. The van der Waals surface area contributed by atoms with Crippen LogP contribution in [0, 0.1) is 0 Å². The second kappa shape index (κ2) is 6.27. The van der Waals surface area contributed by atoms with Gasteiger partial charge < -0.3 is 10.0 Å². The quantitative estimate of drug-likeness (QED) is 0.866. The van der Waals surface area contributed by atoms with Crippen LogP contribution >= 0.6 is 0 Å². The third-order valence-electron chi connectivity index (χ3n) is 3.90. The Bertz CT molecular complexity index is 357. The summed E-state index contributed by atoms with van der Waals surface area (Å²) in [4.78, 5) is 9.06. The first-order valence-electron chi connectivity index (χ1n) is 6.65. The molecule has 0 aliphatic carbocycles. The van der Waals surface area contributed by atoms with Gasteiger partial charge in [-0.2, -0.15) is 0 Å². The van der Waals surface area contributed by atoms with Crippen LogP contribution in [0.25, 0.3) is 0 Å². The largest absolute Gasteiger partial charge is 0.395 e. The second-order valence-electron chi connectivity index (χ2n) is 5.21. The lowest BCUT2D eigenvalue weighted by Gasteiger charge is -2.29. The summed E-state index contributed by atoms with van der Waals surface area (Å²) in [5.74, 6) is 0. The highest BCUT2D eigenvalue weighted by atomic mass is 16.3. The molecular formula is C14H23N3O. The Balaban J connectivity index is 2.05. The number of hydrogen-bond acceptors (Lipinski definition) is 4. The average molecular weight is 249 g/mol. The summed E-state index contributed by atoms with van der Waals surface area (Å²) in [5, 5.41) is 9.58. The van der Waals surface area contributed by atoms with Gasteiger partial charge in [-0.25, -0.2) is 0 Å². The van der Waals surface area contributed by atoms with Crippen LogP contribution in [0.3, 0.4) is 0 Å². The zero-order valence-corrected chi connectivity index (χ0v) is 11.3. The maximum atomic E-state index is 9.58. The van der Waals surface area contributed by atoms with Crippen molar-refractivity contribution in [1.82, 2.24) is 14.8 Å². The van der Waals surface area contributed by atoms with Gasteiger partial charge in [-0.3, -0.25) is 9.88 Å². The molecule has 2 atom stereocenters. The van der Waals surface area contributed by atoms with Gasteiger partial charge in [0.25, 0.3) is 0 Å². The summed E-state index contributed by atoms with van der Waals surface area (Å²) in [7, 11) is 2.14. The van der Waals surface area contributed by atoms with Crippen LogP contribution < -0.4 is 0 Å². The monoisotopic (exact) mass is 249 g/mol. The number of hydrogen-bond donors (Lipinski definition) is 1. The number of aliphatic hydroxyl groups is 1. The Morgan fingerprint density at radius 3 is 2.94 bits per heavy atom. The minimum atomic E-state index is 0.210. The molecular weight excluding hydrogens is 226 g/mol. The lowest BCUT2D eigenvalue weighted by molar-refractivity contribution is 0.108. The van der Waals surface area contributed by atoms with Crippen molar-refractivity contribution < 1.29 is 5.11 Å². The van der Waals surface area contributed by atoms with Crippen LogP contribution in [-0.2, 0) is 6.54 Å². The number of aromatic nitrogens is 1. The highest BCUT2D eigenvalue weighted by Crippen LogP contribution is 2.15. The second-order valence-corrected chi connectivity index (χ2v) is 5.21. The lowest BCUT2D eigenvalue weighted by atomic mass is 10.2. The third-order valence-corrected chi connectivity index (χ3v) is 3.90. The molecule has 0 amide bonds. The minimum absolute atomic E-state index is 0.210. The van der Waals surface area contributed by atoms with Gasteiger partial charge in [-0.05, 0) is 32.5 Å². The molecule has 0 saturated carbocycles. The Morgan fingerprint density at radius 1 is 1.44 bits per heavy atom. The Labute approximate surface area is 109 Å². The topological polar surface area (TPSA) is 39.6 Å². The Morgan fingerprint density at radius 2 is 2.28 bits per heavy atom. The van der Waals surface area contributed by atoms with Gasteiger partial charge in [0.2, 0.25) is 0 Å². The van der Waals surface area contributed by atoms with E-state index in [1.165, 1.54) is 0 Å². The van der Waals surface area contributed by atoms with E-state index < -0.39 is 0 Å². The van der Waals surface area contributed by atoms with Crippen molar-refractivity contribution in [2.75, 3.05) is 26.7 Å². The van der Waals surface area contributed by atoms with Crippen molar-refractivity contribution in [3.05, 3.63) is 30.1 Å². The van der Waals surface area contributed by atoms with Crippen LogP contribution in [0.2, 0.25) is 0 Å². The summed E-state index contributed by atoms with van der Waals surface area (Å²) in [6.07, 6.45) is 2.97. The fourth-order valence-corrected chi connectivity index (χ4v) is 2.46. The average Bonchev–Trinajstić information content (AvgIpc) is 2.53. The molecule has 1 aliphatic heterocycles. The van der Waals surface area contributed by atoms with E-state index in [0.717, 1.165) is 31.7 Å². The van der Waals surface area contributed by atoms with Crippen molar-refractivity contribution in [3.63, 3.8) is 0 Å². The van der Waals surface area contributed by atoms with Gasteiger partial charge in [-0.1, -0.05) is 6.07 Å². The standard InChI is InChI=1S/C14H23N3O/c1-12-6-8-17(14(11-18)10-16(12)2)9-13-5-3-4-7-15-13/h3-5,7,12,14,18H,6,8-11H2,1-2H3. The van der Waals surface area contributed by atoms with Crippen molar-refractivity contribution in [3.8, 4) is 0 Å². The molecule has 2 heterocycles. The number of likely N-dealkylation sites (N-methyl/N-ethyl adjacent to an activating group) is 1. The maximum Gasteiger partial charge on any atom is 0.0599 e. The molecule has 4 nitrogen and oxygen atoms in total. The van der Waals surface area contributed by atoms with E-state index in [4.69, 9.17) is 0 Å². The number of pyridine rings is 1. The molecule has 1 aromatic heterocycles. The first kappa shape index (κ1) is 13.5. The molecule has 0 aromatic carbocycles. The fraction of sp³-hybridized carbons (Fsp3) is 0.643. The predicted molar refractivity (Wildman–Crippen MR) is 72.2 cm³/mol. The zero-order valence-electron chi connectivity index (χ0n) is 11.3. The van der Waals surface area contributed by atoms with Crippen molar-refractivity contribution in [2.24, 2.45) is 0 Å². The van der Waals surface area contributed by atoms with Gasteiger partial charge in [0.05, 0.1) is 12.3 Å². The minimum Gasteiger partial charge on any atom is -0.395 e. The van der Waals surface area contributed by atoms with Crippen molar-refractivity contribution in [2.45, 2.75) is 32.0 Å². The van der Waals surface area contributed by atoms with Gasteiger partial charge in [-0.15, -0.1) is 0 Å². The lowest BCUT2D eigenvalue weighted by Crippen LogP contribution is -2.43. The van der Waals surface area contributed by atoms with Crippen molar-refractivity contribution in [1.29, 1.82) is 0 Å². The van der Waals surface area contributed by atoms with E-state index in [9.17, 15) is 5.11 Å². The highest BCUT2D eigenvalue weighted by molar-refractivity contribution is 5.04. The van der Waals surface area contributed by atoms with Gasteiger partial charge in [0, 0.05) is 37.9 Å². The van der Waals surface area contributed by atoms with E-state index in [1.54, 1.807) is 0 Å².